The minimum atomic E-state index is -6.02. The monoisotopic (exact) mass is 429 g/mol. The Balaban J connectivity index is 2.13. The Bertz CT molecular complexity index is 1450. The predicted octanol–water partition coefficient (Wildman–Crippen LogP) is 5.75. The summed E-state index contributed by atoms with van der Waals surface area (Å²) in [6, 6.07) is 21.2. The summed E-state index contributed by atoms with van der Waals surface area (Å²) in [5.41, 5.74) is -8.00. The fourth-order valence-corrected chi connectivity index (χ4v) is 4.31. The first-order chi connectivity index (χ1) is 14.1. The van der Waals surface area contributed by atoms with Crippen LogP contribution in [0.2, 0.25) is 0 Å². The van der Waals surface area contributed by atoms with Crippen LogP contribution in [0.15, 0.2) is 66.7 Å². The molecule has 0 aromatic heterocycles. The Labute approximate surface area is 170 Å². The third kappa shape index (κ3) is 3.16. The molecule has 0 spiro atoms. The minimum absolute atomic E-state index is 0.0664. The maximum atomic E-state index is 13.0. The van der Waals surface area contributed by atoms with Crippen molar-refractivity contribution in [3.63, 3.8) is 0 Å². The van der Waals surface area contributed by atoms with E-state index in [-0.39, 0.29) is 5.56 Å². The lowest BCUT2D eigenvalue weighted by atomic mass is 9.86. The first-order valence-corrected chi connectivity index (χ1v) is 10.2. The van der Waals surface area contributed by atoms with Gasteiger partial charge >= 0.3 is 15.6 Å². The molecule has 0 saturated heterocycles. The van der Waals surface area contributed by atoms with E-state index in [4.69, 9.17) is 0 Å². The highest BCUT2D eigenvalue weighted by Crippen LogP contribution is 2.42. The van der Waals surface area contributed by atoms with Crippen LogP contribution in [-0.4, -0.2) is 13.9 Å². The molecular weight excluding hydrogens is 415 g/mol. The summed E-state index contributed by atoms with van der Waals surface area (Å²) in [5.74, 6) is 0. The summed E-state index contributed by atoms with van der Waals surface area (Å²) < 4.78 is 67.2. The smallest absolute Gasteiger partial charge is 0.236 e. The first-order valence-electron chi connectivity index (χ1n) is 8.84. The summed E-state index contributed by atoms with van der Waals surface area (Å²) in [6.07, 6.45) is 0. The van der Waals surface area contributed by atoms with Gasteiger partial charge in [0.1, 0.15) is 6.07 Å². The quantitative estimate of drug-likeness (QED) is 0.236. The molecule has 4 aromatic rings. The number of rotatable bonds is 3. The van der Waals surface area contributed by atoms with Crippen LogP contribution in [0.4, 0.5) is 13.2 Å². The normalized spacial score (nSPS) is 14.6. The third-order valence-corrected chi connectivity index (χ3v) is 6.10. The van der Waals surface area contributed by atoms with Gasteiger partial charge in [0.2, 0.25) is 0 Å². The lowest BCUT2D eigenvalue weighted by Gasteiger charge is -2.26. The van der Waals surface area contributed by atoms with Crippen LogP contribution in [0.5, 0.6) is 0 Å². The number of hydrogen-bond acceptors (Lipinski definition) is 4. The van der Waals surface area contributed by atoms with Gasteiger partial charge in [0.25, 0.3) is 0 Å². The summed E-state index contributed by atoms with van der Waals surface area (Å²) in [7, 11) is -6.02. The van der Waals surface area contributed by atoms with Gasteiger partial charge in [-0.1, -0.05) is 48.5 Å². The molecule has 0 bridgehead atoms. The summed E-state index contributed by atoms with van der Waals surface area (Å²) in [4.78, 5) is 0. The van der Waals surface area contributed by atoms with Crippen LogP contribution in [0.1, 0.15) is 12.5 Å². The number of alkyl halides is 3. The molecule has 0 saturated carbocycles. The van der Waals surface area contributed by atoms with Crippen molar-refractivity contribution in [3.05, 3.63) is 72.3 Å². The second-order valence-electron chi connectivity index (χ2n) is 7.02. The van der Waals surface area contributed by atoms with Gasteiger partial charge in [0.05, 0.1) is 0 Å². The molecular formula is C22H14F3NO3S. The second-order valence-corrected chi connectivity index (χ2v) is 8.56. The number of nitrogens with zero attached hydrogens (tertiary/aromatic N) is 1. The topological polar surface area (TPSA) is 67.2 Å². The molecule has 0 radical (unpaired) electrons. The first kappa shape index (κ1) is 20.1. The molecule has 8 heteroatoms. The highest BCUT2D eigenvalue weighted by molar-refractivity contribution is 7.87. The highest BCUT2D eigenvalue weighted by atomic mass is 32.2. The van der Waals surface area contributed by atoms with Gasteiger partial charge in [-0.15, -0.1) is 0 Å². The van der Waals surface area contributed by atoms with Gasteiger partial charge in [-0.25, -0.2) is 4.18 Å². The zero-order valence-electron chi connectivity index (χ0n) is 15.6. The van der Waals surface area contributed by atoms with Crippen LogP contribution in [0.3, 0.4) is 0 Å². The van der Waals surface area contributed by atoms with Crippen molar-refractivity contribution in [2.75, 3.05) is 0 Å². The van der Waals surface area contributed by atoms with Gasteiger partial charge in [-0.3, -0.25) is 0 Å². The van der Waals surface area contributed by atoms with E-state index >= 15 is 0 Å². The van der Waals surface area contributed by atoms with Gasteiger partial charge in [-0.2, -0.15) is 26.9 Å². The van der Waals surface area contributed by atoms with Crippen molar-refractivity contribution in [2.45, 2.75) is 18.0 Å². The van der Waals surface area contributed by atoms with E-state index in [0.717, 1.165) is 17.7 Å². The van der Waals surface area contributed by atoms with Crippen molar-refractivity contribution in [2.24, 2.45) is 0 Å². The number of nitriles is 1. The predicted molar refractivity (Wildman–Crippen MR) is 108 cm³/mol. The summed E-state index contributed by atoms with van der Waals surface area (Å²) in [6.45, 7) is 1.03. The lowest BCUT2D eigenvalue weighted by Crippen LogP contribution is -2.35. The van der Waals surface area contributed by atoms with Crippen molar-refractivity contribution in [1.82, 2.24) is 0 Å². The van der Waals surface area contributed by atoms with Crippen molar-refractivity contribution < 1.29 is 25.8 Å². The molecule has 0 aliphatic carbocycles. The zero-order chi connectivity index (χ0) is 21.7. The molecule has 1 atom stereocenters. The van der Waals surface area contributed by atoms with Crippen LogP contribution < -0.4 is 0 Å². The molecule has 152 valence electrons. The molecule has 1 unspecified atom stereocenters. The number of benzene rings is 4. The van der Waals surface area contributed by atoms with Gasteiger partial charge < -0.3 is 0 Å². The molecule has 4 nitrogen and oxygen atoms in total. The van der Waals surface area contributed by atoms with E-state index in [1.807, 2.05) is 36.4 Å². The Morgan fingerprint density at radius 2 is 1.37 bits per heavy atom. The second kappa shape index (κ2) is 6.69. The maximum absolute atomic E-state index is 13.0. The van der Waals surface area contributed by atoms with E-state index in [1.165, 1.54) is 0 Å². The summed E-state index contributed by atoms with van der Waals surface area (Å²) >= 11 is 0. The van der Waals surface area contributed by atoms with Crippen molar-refractivity contribution >= 4 is 42.4 Å². The molecule has 0 heterocycles. The molecule has 0 fully saturated rings. The van der Waals surface area contributed by atoms with Gasteiger partial charge in [0, 0.05) is 5.56 Å². The van der Waals surface area contributed by atoms with Gasteiger partial charge in [-0.05, 0) is 57.4 Å². The molecule has 4 rings (SSSR count). The average molecular weight is 429 g/mol. The third-order valence-electron chi connectivity index (χ3n) is 4.98. The highest BCUT2D eigenvalue weighted by Gasteiger charge is 2.52. The molecule has 0 N–H and O–H groups in total. The standard InChI is InChI=1S/C22H14F3NO3S/c1-21(13-26,29-30(27,28)22(23,24)25)20-18-9-5-4-8-16(18)11-17-10-14-6-2-3-7-15(14)12-19(17)20/h2-12H,1H3. The number of fused-ring (bicyclic) bond motifs is 3. The zero-order valence-corrected chi connectivity index (χ0v) is 16.4. The fraction of sp³-hybridized carbons (Fsp3) is 0.136. The Hall–Kier alpha value is -3.15. The average Bonchev–Trinajstić information content (AvgIpc) is 2.69. The Morgan fingerprint density at radius 1 is 0.833 bits per heavy atom. The SMILES string of the molecule is CC(C#N)(OS(=O)(=O)C(F)(F)F)c1c2ccccc2cc2cc3ccccc3cc12. The molecule has 4 aromatic carbocycles. The van der Waals surface area contributed by atoms with Crippen LogP contribution in [-0.2, 0) is 19.9 Å². The van der Waals surface area contributed by atoms with Crippen molar-refractivity contribution in [3.8, 4) is 6.07 Å². The van der Waals surface area contributed by atoms with E-state index < -0.39 is 21.2 Å². The minimum Gasteiger partial charge on any atom is -0.236 e. The van der Waals surface area contributed by atoms with Crippen LogP contribution in [0, 0.1) is 11.3 Å². The molecule has 0 aliphatic heterocycles. The Morgan fingerprint density at radius 3 is 1.97 bits per heavy atom. The van der Waals surface area contributed by atoms with Gasteiger partial charge in [0.15, 0.2) is 5.60 Å². The van der Waals surface area contributed by atoms with E-state index in [0.29, 0.717) is 21.5 Å². The lowest BCUT2D eigenvalue weighted by molar-refractivity contribution is -0.0603. The molecule has 0 amide bonds. The molecule has 30 heavy (non-hydrogen) atoms. The Kier molecular flexibility index (Phi) is 4.49. The number of halogens is 3. The largest absolute Gasteiger partial charge is 0.523 e. The fourth-order valence-electron chi connectivity index (χ4n) is 3.65. The van der Waals surface area contributed by atoms with Crippen molar-refractivity contribution in [1.29, 1.82) is 5.26 Å². The van der Waals surface area contributed by atoms with Crippen LogP contribution in [0.25, 0.3) is 32.3 Å². The van der Waals surface area contributed by atoms with E-state index in [1.54, 1.807) is 36.4 Å². The number of hydrogen-bond donors (Lipinski definition) is 0. The molecule has 0 aliphatic rings. The van der Waals surface area contributed by atoms with E-state index in [2.05, 4.69) is 4.18 Å². The summed E-state index contributed by atoms with van der Waals surface area (Å²) in [5, 5.41) is 13.6. The van der Waals surface area contributed by atoms with Crippen LogP contribution >= 0.6 is 0 Å². The van der Waals surface area contributed by atoms with E-state index in [9.17, 15) is 26.9 Å². The maximum Gasteiger partial charge on any atom is 0.523 e.